The number of likely N-dealkylation sites (N-methyl/N-ethyl adjacent to an activating group) is 2. The Hall–Kier alpha value is -1.11. The molecular weight excluding hydrogens is 266 g/mol. The number of ether oxygens (including phenoxy) is 1. The summed E-state index contributed by atoms with van der Waals surface area (Å²) in [6.07, 6.45) is 2.93. The van der Waals surface area contributed by atoms with Crippen molar-refractivity contribution >= 4 is 0 Å². The summed E-state index contributed by atoms with van der Waals surface area (Å²) in [5.41, 5.74) is 1.14. The van der Waals surface area contributed by atoms with Gasteiger partial charge in [0.05, 0.1) is 31.6 Å². The van der Waals surface area contributed by atoms with Crippen LogP contribution >= 0.6 is 0 Å². The van der Waals surface area contributed by atoms with Gasteiger partial charge in [-0.3, -0.25) is 4.68 Å². The van der Waals surface area contributed by atoms with Crippen molar-refractivity contribution in [2.24, 2.45) is 0 Å². The summed E-state index contributed by atoms with van der Waals surface area (Å²) >= 11 is 0. The zero-order valence-corrected chi connectivity index (χ0v) is 14.4. The van der Waals surface area contributed by atoms with Crippen LogP contribution in [0.5, 0.6) is 5.75 Å². The maximum atomic E-state index is 5.52. The topological polar surface area (TPSA) is 45.6 Å². The van der Waals surface area contributed by atoms with Crippen LogP contribution in [0.2, 0.25) is 0 Å². The fraction of sp³-hybridized carbons (Fsp3) is 0.800. The molecule has 1 aromatic heterocycles. The van der Waals surface area contributed by atoms with E-state index in [9.17, 15) is 0 Å². The van der Waals surface area contributed by atoms with E-state index in [1.807, 2.05) is 6.20 Å². The first-order valence-corrected chi connectivity index (χ1v) is 7.62. The monoisotopic (exact) mass is 297 g/mol. The largest absolute Gasteiger partial charge is 0.493 e. The Morgan fingerprint density at radius 3 is 2.52 bits per heavy atom. The molecule has 0 aliphatic heterocycles. The summed E-state index contributed by atoms with van der Waals surface area (Å²) < 4.78 is 7.59. The smallest absolute Gasteiger partial charge is 0.161 e. The Labute approximate surface area is 129 Å². The Morgan fingerprint density at radius 2 is 2.00 bits per heavy atom. The Bertz CT molecular complexity index is 403. The SMILES string of the molecule is CCCNC(CN(C)C)c1c(OC)cnn1CCN(C)C. The standard InChI is InChI=1S/C15H31N5O/c1-7-8-16-13(12-19(4)5)15-14(21-6)11-17-20(15)10-9-18(2)3/h11,13,16H,7-10,12H2,1-6H3. The van der Waals surface area contributed by atoms with Crippen molar-refractivity contribution in [3.8, 4) is 5.75 Å². The summed E-state index contributed by atoms with van der Waals surface area (Å²) in [5, 5.41) is 8.11. The van der Waals surface area contributed by atoms with Gasteiger partial charge in [-0.2, -0.15) is 5.10 Å². The summed E-state index contributed by atoms with van der Waals surface area (Å²) in [6, 6.07) is 0.222. The van der Waals surface area contributed by atoms with Crippen LogP contribution in [0.15, 0.2) is 6.20 Å². The van der Waals surface area contributed by atoms with E-state index < -0.39 is 0 Å². The zero-order chi connectivity index (χ0) is 15.8. The van der Waals surface area contributed by atoms with Crippen molar-refractivity contribution in [3.63, 3.8) is 0 Å². The van der Waals surface area contributed by atoms with Gasteiger partial charge in [-0.1, -0.05) is 6.92 Å². The van der Waals surface area contributed by atoms with Gasteiger partial charge in [0.15, 0.2) is 5.75 Å². The van der Waals surface area contributed by atoms with Crippen LogP contribution in [0, 0.1) is 0 Å². The number of nitrogens with one attached hydrogen (secondary N) is 1. The maximum Gasteiger partial charge on any atom is 0.161 e. The lowest BCUT2D eigenvalue weighted by atomic mass is 10.1. The van der Waals surface area contributed by atoms with Crippen molar-refractivity contribution < 1.29 is 4.74 Å². The number of hydrogen-bond donors (Lipinski definition) is 1. The van der Waals surface area contributed by atoms with Crippen molar-refractivity contribution in [2.75, 3.05) is 54.9 Å². The van der Waals surface area contributed by atoms with Crippen LogP contribution in [-0.4, -0.2) is 74.5 Å². The molecular formula is C15H31N5O. The highest BCUT2D eigenvalue weighted by atomic mass is 16.5. The Morgan fingerprint density at radius 1 is 1.29 bits per heavy atom. The molecule has 0 aliphatic rings. The van der Waals surface area contributed by atoms with Gasteiger partial charge < -0.3 is 19.9 Å². The van der Waals surface area contributed by atoms with Crippen molar-refractivity contribution in [2.45, 2.75) is 25.9 Å². The number of hydrogen-bond acceptors (Lipinski definition) is 5. The molecule has 21 heavy (non-hydrogen) atoms. The predicted molar refractivity (Wildman–Crippen MR) is 86.9 cm³/mol. The van der Waals surface area contributed by atoms with Crippen LogP contribution in [0.1, 0.15) is 25.1 Å². The van der Waals surface area contributed by atoms with E-state index in [2.05, 4.69) is 60.0 Å². The average molecular weight is 297 g/mol. The molecule has 0 aliphatic carbocycles. The lowest BCUT2D eigenvalue weighted by Gasteiger charge is -2.24. The molecule has 6 heteroatoms. The van der Waals surface area contributed by atoms with Crippen LogP contribution in [0.25, 0.3) is 0 Å². The Kier molecular flexibility index (Phi) is 7.71. The zero-order valence-electron chi connectivity index (χ0n) is 14.4. The van der Waals surface area contributed by atoms with E-state index in [1.54, 1.807) is 7.11 Å². The van der Waals surface area contributed by atoms with Gasteiger partial charge in [0.25, 0.3) is 0 Å². The Balaban J connectivity index is 2.98. The highest BCUT2D eigenvalue weighted by Crippen LogP contribution is 2.25. The summed E-state index contributed by atoms with van der Waals surface area (Å²) in [6.45, 7) is 5.91. The van der Waals surface area contributed by atoms with E-state index in [4.69, 9.17) is 4.74 Å². The third kappa shape index (κ3) is 5.65. The van der Waals surface area contributed by atoms with Gasteiger partial charge >= 0.3 is 0 Å². The summed E-state index contributed by atoms with van der Waals surface area (Å²) in [7, 11) is 10.0. The van der Waals surface area contributed by atoms with Crippen molar-refractivity contribution in [3.05, 3.63) is 11.9 Å². The molecule has 6 nitrogen and oxygen atoms in total. The van der Waals surface area contributed by atoms with Gasteiger partial charge in [-0.25, -0.2) is 0 Å². The highest BCUT2D eigenvalue weighted by molar-refractivity contribution is 5.28. The second-order valence-corrected chi connectivity index (χ2v) is 5.89. The minimum Gasteiger partial charge on any atom is -0.493 e. The van der Waals surface area contributed by atoms with Gasteiger partial charge in [0.1, 0.15) is 0 Å². The molecule has 1 atom stereocenters. The fourth-order valence-corrected chi connectivity index (χ4v) is 2.29. The molecule has 0 spiro atoms. The lowest BCUT2D eigenvalue weighted by molar-refractivity contribution is 0.310. The van der Waals surface area contributed by atoms with Gasteiger partial charge in [-0.05, 0) is 41.2 Å². The third-order valence-electron chi connectivity index (χ3n) is 3.34. The quantitative estimate of drug-likeness (QED) is 0.699. The van der Waals surface area contributed by atoms with Crippen molar-refractivity contribution in [1.29, 1.82) is 0 Å². The van der Waals surface area contributed by atoms with E-state index in [-0.39, 0.29) is 6.04 Å². The van der Waals surface area contributed by atoms with Gasteiger partial charge in [0.2, 0.25) is 0 Å². The first-order valence-electron chi connectivity index (χ1n) is 7.62. The molecule has 0 aromatic carbocycles. The molecule has 1 unspecified atom stereocenters. The van der Waals surface area contributed by atoms with Crippen LogP contribution < -0.4 is 10.1 Å². The minimum absolute atomic E-state index is 0.222. The van der Waals surface area contributed by atoms with Crippen LogP contribution in [-0.2, 0) is 6.54 Å². The average Bonchev–Trinajstić information content (AvgIpc) is 2.83. The van der Waals surface area contributed by atoms with Crippen molar-refractivity contribution in [1.82, 2.24) is 24.9 Å². The molecule has 0 radical (unpaired) electrons. The fourth-order valence-electron chi connectivity index (χ4n) is 2.29. The van der Waals surface area contributed by atoms with Crippen LogP contribution in [0.3, 0.4) is 0 Å². The molecule has 0 fully saturated rings. The third-order valence-corrected chi connectivity index (χ3v) is 3.34. The second kappa shape index (κ2) is 9.02. The molecule has 122 valence electrons. The van der Waals surface area contributed by atoms with Gasteiger partial charge in [-0.15, -0.1) is 0 Å². The van der Waals surface area contributed by atoms with E-state index in [0.29, 0.717) is 0 Å². The first-order chi connectivity index (χ1) is 9.99. The highest BCUT2D eigenvalue weighted by Gasteiger charge is 2.22. The number of methoxy groups -OCH3 is 1. The van der Waals surface area contributed by atoms with Crippen LogP contribution in [0.4, 0.5) is 0 Å². The minimum atomic E-state index is 0.222. The summed E-state index contributed by atoms with van der Waals surface area (Å²) in [5.74, 6) is 0.865. The normalized spacial score (nSPS) is 13.1. The van der Waals surface area contributed by atoms with E-state index in [0.717, 1.165) is 44.0 Å². The van der Waals surface area contributed by atoms with E-state index >= 15 is 0 Å². The second-order valence-electron chi connectivity index (χ2n) is 5.89. The van der Waals surface area contributed by atoms with Gasteiger partial charge in [0, 0.05) is 13.1 Å². The molecule has 1 N–H and O–H groups in total. The molecule has 0 saturated carbocycles. The number of nitrogens with zero attached hydrogens (tertiary/aromatic N) is 4. The molecule has 0 saturated heterocycles. The molecule has 1 rings (SSSR count). The number of rotatable bonds is 10. The predicted octanol–water partition coefficient (Wildman–Crippen LogP) is 1.06. The van der Waals surface area contributed by atoms with E-state index in [1.165, 1.54) is 0 Å². The summed E-state index contributed by atoms with van der Waals surface area (Å²) in [4.78, 5) is 4.36. The lowest BCUT2D eigenvalue weighted by Crippen LogP contribution is -2.34. The molecule has 0 amide bonds. The molecule has 1 aromatic rings. The first kappa shape index (κ1) is 17.9. The molecule has 0 bridgehead atoms. The number of aromatic nitrogens is 2. The molecule has 1 heterocycles. The maximum absolute atomic E-state index is 5.52.